The Hall–Kier alpha value is -1.80. The van der Waals surface area contributed by atoms with Gasteiger partial charge in [0, 0.05) is 5.56 Å². The van der Waals surface area contributed by atoms with Crippen LogP contribution in [0.4, 0.5) is 0 Å². The van der Waals surface area contributed by atoms with Crippen LogP contribution in [0.15, 0.2) is 42.5 Å². The van der Waals surface area contributed by atoms with Crippen LogP contribution in [0.1, 0.15) is 31.9 Å². The lowest BCUT2D eigenvalue weighted by molar-refractivity contribution is 0.477. The second-order valence-electron chi connectivity index (χ2n) is 6.22. The highest BCUT2D eigenvalue weighted by molar-refractivity contribution is 5.71. The van der Waals surface area contributed by atoms with E-state index < -0.39 is 0 Å². The lowest BCUT2D eigenvalue weighted by Crippen LogP contribution is -2.10. The fourth-order valence-corrected chi connectivity index (χ4v) is 2.29. The van der Waals surface area contributed by atoms with Gasteiger partial charge in [-0.15, -0.1) is 0 Å². The Morgan fingerprint density at radius 2 is 1.65 bits per heavy atom. The van der Waals surface area contributed by atoms with Crippen molar-refractivity contribution in [2.24, 2.45) is 5.73 Å². The van der Waals surface area contributed by atoms with Gasteiger partial charge in [-0.05, 0) is 47.2 Å². The molecule has 106 valence electrons. The van der Waals surface area contributed by atoms with E-state index in [1.807, 2.05) is 12.1 Å². The maximum absolute atomic E-state index is 10.1. The zero-order chi connectivity index (χ0) is 14.8. The van der Waals surface area contributed by atoms with Crippen LogP contribution in [0.3, 0.4) is 0 Å². The van der Waals surface area contributed by atoms with E-state index in [2.05, 4.69) is 45.0 Å². The molecule has 0 atom stereocenters. The molecule has 0 aromatic heterocycles. The third-order valence-electron chi connectivity index (χ3n) is 3.56. The summed E-state index contributed by atoms with van der Waals surface area (Å²) in [5.74, 6) is 0.314. The highest BCUT2D eigenvalue weighted by Crippen LogP contribution is 2.32. The van der Waals surface area contributed by atoms with Gasteiger partial charge in [-0.1, -0.05) is 51.1 Å². The van der Waals surface area contributed by atoms with Gasteiger partial charge in [0.05, 0.1) is 0 Å². The molecular formula is C18H23NO. The van der Waals surface area contributed by atoms with Crippen LogP contribution in [0.5, 0.6) is 5.75 Å². The number of aromatic hydroxyl groups is 1. The van der Waals surface area contributed by atoms with E-state index in [-0.39, 0.29) is 5.41 Å². The monoisotopic (exact) mass is 269 g/mol. The minimum atomic E-state index is 0.141. The Kier molecular flexibility index (Phi) is 4.15. The lowest BCUT2D eigenvalue weighted by Gasteiger charge is -2.19. The smallest absolute Gasteiger partial charge is 0.123 e. The molecule has 0 radical (unpaired) electrons. The molecule has 0 fully saturated rings. The standard InChI is InChI=1S/C18H23NO/c1-18(2,3)15-7-5-14(6-8-15)16-12-13(10-11-19)4-9-17(16)20/h4-9,12,20H,10-11,19H2,1-3H3. The predicted molar refractivity (Wildman–Crippen MR) is 85.0 cm³/mol. The van der Waals surface area contributed by atoms with Crippen molar-refractivity contribution in [2.75, 3.05) is 6.54 Å². The van der Waals surface area contributed by atoms with Gasteiger partial charge in [0.15, 0.2) is 0 Å². The second kappa shape index (κ2) is 5.68. The molecule has 0 aliphatic heterocycles. The molecule has 2 aromatic rings. The molecule has 0 aliphatic carbocycles. The van der Waals surface area contributed by atoms with Crippen LogP contribution in [-0.4, -0.2) is 11.7 Å². The van der Waals surface area contributed by atoms with Crippen molar-refractivity contribution >= 4 is 0 Å². The first-order valence-corrected chi connectivity index (χ1v) is 7.04. The first-order valence-electron chi connectivity index (χ1n) is 7.04. The second-order valence-corrected chi connectivity index (χ2v) is 6.22. The molecule has 0 saturated heterocycles. The first-order chi connectivity index (χ1) is 9.41. The number of hydrogen-bond donors (Lipinski definition) is 2. The van der Waals surface area contributed by atoms with E-state index in [4.69, 9.17) is 5.73 Å². The number of benzene rings is 2. The van der Waals surface area contributed by atoms with Crippen LogP contribution in [0.2, 0.25) is 0 Å². The summed E-state index contributed by atoms with van der Waals surface area (Å²) in [6.45, 7) is 7.21. The van der Waals surface area contributed by atoms with Crippen molar-refractivity contribution in [3.8, 4) is 16.9 Å². The van der Waals surface area contributed by atoms with E-state index in [9.17, 15) is 5.11 Å². The van der Waals surface area contributed by atoms with Crippen molar-refractivity contribution in [3.63, 3.8) is 0 Å². The Morgan fingerprint density at radius 3 is 2.20 bits per heavy atom. The summed E-state index contributed by atoms with van der Waals surface area (Å²) >= 11 is 0. The summed E-state index contributed by atoms with van der Waals surface area (Å²) in [6.07, 6.45) is 0.827. The normalized spacial score (nSPS) is 11.6. The van der Waals surface area contributed by atoms with Crippen LogP contribution in [0, 0.1) is 0 Å². The fraction of sp³-hybridized carbons (Fsp3) is 0.333. The minimum Gasteiger partial charge on any atom is -0.507 e. The Balaban J connectivity index is 2.38. The van der Waals surface area contributed by atoms with Gasteiger partial charge in [-0.25, -0.2) is 0 Å². The van der Waals surface area contributed by atoms with Gasteiger partial charge in [0.25, 0.3) is 0 Å². The molecule has 2 nitrogen and oxygen atoms in total. The number of hydrogen-bond acceptors (Lipinski definition) is 2. The number of nitrogens with two attached hydrogens (primary N) is 1. The Morgan fingerprint density at radius 1 is 1.00 bits per heavy atom. The summed E-state index contributed by atoms with van der Waals surface area (Å²) in [4.78, 5) is 0. The highest BCUT2D eigenvalue weighted by Gasteiger charge is 2.13. The molecule has 0 spiro atoms. The number of phenolic OH excluding ortho intramolecular Hbond substituents is 1. The number of phenols is 1. The van der Waals surface area contributed by atoms with Crippen molar-refractivity contribution < 1.29 is 5.11 Å². The maximum Gasteiger partial charge on any atom is 0.123 e. The van der Waals surface area contributed by atoms with Crippen LogP contribution in [0.25, 0.3) is 11.1 Å². The summed E-state index contributed by atoms with van der Waals surface area (Å²) in [7, 11) is 0. The molecule has 3 N–H and O–H groups in total. The van der Waals surface area contributed by atoms with Gasteiger partial charge >= 0.3 is 0 Å². The summed E-state index contributed by atoms with van der Waals surface area (Å²) < 4.78 is 0. The number of rotatable bonds is 3. The molecule has 2 rings (SSSR count). The zero-order valence-corrected chi connectivity index (χ0v) is 12.5. The maximum atomic E-state index is 10.1. The van der Waals surface area contributed by atoms with Crippen LogP contribution >= 0.6 is 0 Å². The third-order valence-corrected chi connectivity index (χ3v) is 3.56. The van der Waals surface area contributed by atoms with E-state index in [0.717, 1.165) is 23.1 Å². The van der Waals surface area contributed by atoms with Crippen molar-refractivity contribution in [1.29, 1.82) is 0 Å². The molecule has 2 aromatic carbocycles. The molecule has 20 heavy (non-hydrogen) atoms. The average molecular weight is 269 g/mol. The molecule has 0 amide bonds. The highest BCUT2D eigenvalue weighted by atomic mass is 16.3. The van der Waals surface area contributed by atoms with Crippen LogP contribution in [-0.2, 0) is 11.8 Å². The predicted octanol–water partition coefficient (Wildman–Crippen LogP) is 3.86. The van der Waals surface area contributed by atoms with Gasteiger partial charge in [0.2, 0.25) is 0 Å². The fourth-order valence-electron chi connectivity index (χ4n) is 2.29. The molecule has 0 bridgehead atoms. The lowest BCUT2D eigenvalue weighted by atomic mass is 9.86. The Labute approximate surface area is 121 Å². The summed E-state index contributed by atoms with van der Waals surface area (Å²) in [5, 5.41) is 10.1. The van der Waals surface area contributed by atoms with E-state index in [1.54, 1.807) is 6.07 Å². The minimum absolute atomic E-state index is 0.141. The molecule has 0 aliphatic rings. The van der Waals surface area contributed by atoms with Gasteiger partial charge in [-0.3, -0.25) is 0 Å². The quantitative estimate of drug-likeness (QED) is 0.888. The first kappa shape index (κ1) is 14.6. The summed E-state index contributed by atoms with van der Waals surface area (Å²) in [6, 6.07) is 14.1. The van der Waals surface area contributed by atoms with E-state index in [0.29, 0.717) is 12.3 Å². The summed E-state index contributed by atoms with van der Waals surface area (Å²) in [5.41, 5.74) is 10.1. The van der Waals surface area contributed by atoms with Gasteiger partial charge in [0.1, 0.15) is 5.75 Å². The van der Waals surface area contributed by atoms with Crippen molar-refractivity contribution in [3.05, 3.63) is 53.6 Å². The third kappa shape index (κ3) is 3.20. The largest absolute Gasteiger partial charge is 0.507 e. The average Bonchev–Trinajstić information content (AvgIpc) is 2.40. The molecule has 0 unspecified atom stereocenters. The van der Waals surface area contributed by atoms with Crippen LogP contribution < -0.4 is 5.73 Å². The van der Waals surface area contributed by atoms with Crippen molar-refractivity contribution in [1.82, 2.24) is 0 Å². The van der Waals surface area contributed by atoms with E-state index in [1.165, 1.54) is 5.56 Å². The molecule has 2 heteroatoms. The SMILES string of the molecule is CC(C)(C)c1ccc(-c2cc(CCN)ccc2O)cc1. The van der Waals surface area contributed by atoms with Gasteiger partial charge in [-0.2, -0.15) is 0 Å². The van der Waals surface area contributed by atoms with Crippen molar-refractivity contribution in [2.45, 2.75) is 32.6 Å². The van der Waals surface area contributed by atoms with Gasteiger partial charge < -0.3 is 10.8 Å². The molecule has 0 heterocycles. The van der Waals surface area contributed by atoms with E-state index >= 15 is 0 Å². The molecule has 0 saturated carbocycles. The zero-order valence-electron chi connectivity index (χ0n) is 12.5. The Bertz CT molecular complexity index is 579. The molecular weight excluding hydrogens is 246 g/mol. The topological polar surface area (TPSA) is 46.2 Å².